The molecule has 0 bridgehead atoms. The minimum atomic E-state index is -0.396. The quantitative estimate of drug-likeness (QED) is 0.710. The van der Waals surface area contributed by atoms with Crippen molar-refractivity contribution in [1.82, 2.24) is 5.16 Å². The van der Waals surface area contributed by atoms with Crippen LogP contribution in [0.25, 0.3) is 11.3 Å². The van der Waals surface area contributed by atoms with Crippen LogP contribution in [0.1, 0.15) is 16.1 Å². The largest absolute Gasteiger partial charge is 0.497 e. The fraction of sp³-hybridized carbons (Fsp3) is 0.158. The van der Waals surface area contributed by atoms with Gasteiger partial charge in [0.15, 0.2) is 11.5 Å². The number of carbonyl (C=O) groups excluding carboxylic acids is 1. The summed E-state index contributed by atoms with van der Waals surface area (Å²) in [5.41, 5.74) is 2.17. The number of anilines is 1. The van der Waals surface area contributed by atoms with Crippen molar-refractivity contribution in [2.75, 3.05) is 19.5 Å². The number of benzene rings is 2. The first-order valence-corrected chi connectivity index (χ1v) is 8.17. The van der Waals surface area contributed by atoms with E-state index in [0.29, 0.717) is 33.5 Å². The number of methoxy groups -OCH3 is 2. The lowest BCUT2D eigenvalue weighted by atomic mass is 10.1. The van der Waals surface area contributed by atoms with Gasteiger partial charge in [-0.05, 0) is 42.8 Å². The highest BCUT2D eigenvalue weighted by molar-refractivity contribution is 6.31. The Kier molecular flexibility index (Phi) is 5.14. The highest BCUT2D eigenvalue weighted by atomic mass is 35.5. The zero-order valence-corrected chi connectivity index (χ0v) is 15.3. The Morgan fingerprint density at radius 3 is 2.69 bits per heavy atom. The molecule has 26 heavy (non-hydrogen) atoms. The van der Waals surface area contributed by atoms with Crippen LogP contribution in [-0.4, -0.2) is 25.3 Å². The molecule has 0 fully saturated rings. The molecule has 3 rings (SSSR count). The maximum Gasteiger partial charge on any atom is 0.277 e. The second-order valence-electron chi connectivity index (χ2n) is 5.51. The summed E-state index contributed by atoms with van der Waals surface area (Å²) in [6.07, 6.45) is 0. The molecular formula is C19H17ClN2O4. The van der Waals surface area contributed by atoms with Crippen molar-refractivity contribution < 1.29 is 18.8 Å². The number of amides is 1. The number of hydrogen-bond acceptors (Lipinski definition) is 5. The van der Waals surface area contributed by atoms with Crippen molar-refractivity contribution >= 4 is 23.2 Å². The van der Waals surface area contributed by atoms with Gasteiger partial charge in [0.2, 0.25) is 0 Å². The van der Waals surface area contributed by atoms with Gasteiger partial charge in [0.25, 0.3) is 5.91 Å². The number of aromatic nitrogens is 1. The van der Waals surface area contributed by atoms with E-state index < -0.39 is 5.91 Å². The van der Waals surface area contributed by atoms with Gasteiger partial charge in [0, 0.05) is 16.8 Å². The van der Waals surface area contributed by atoms with E-state index in [-0.39, 0.29) is 5.69 Å². The monoisotopic (exact) mass is 372 g/mol. The fourth-order valence-corrected chi connectivity index (χ4v) is 2.62. The third-order valence-electron chi connectivity index (χ3n) is 3.93. The van der Waals surface area contributed by atoms with E-state index in [1.165, 1.54) is 0 Å². The molecule has 0 unspecified atom stereocenters. The minimum absolute atomic E-state index is 0.143. The van der Waals surface area contributed by atoms with Crippen LogP contribution in [0.4, 0.5) is 5.69 Å². The predicted molar refractivity (Wildman–Crippen MR) is 99.2 cm³/mol. The van der Waals surface area contributed by atoms with Gasteiger partial charge < -0.3 is 19.3 Å². The normalized spacial score (nSPS) is 10.5. The van der Waals surface area contributed by atoms with Gasteiger partial charge in [0.05, 0.1) is 19.8 Å². The van der Waals surface area contributed by atoms with Crippen LogP contribution in [0.2, 0.25) is 5.02 Å². The standard InChI is InChI=1S/C19H17ClN2O4/c1-11-14(20)5-4-6-15(11)21-19(23)16-10-18(26-22-16)13-9-12(24-2)7-8-17(13)25-3/h4-10H,1-3H3,(H,21,23). The van der Waals surface area contributed by atoms with Crippen LogP contribution in [0.15, 0.2) is 47.0 Å². The second kappa shape index (κ2) is 7.49. The van der Waals surface area contributed by atoms with E-state index in [0.717, 1.165) is 5.56 Å². The highest BCUT2D eigenvalue weighted by Crippen LogP contribution is 2.34. The first kappa shape index (κ1) is 17.8. The molecule has 7 heteroatoms. The zero-order chi connectivity index (χ0) is 18.7. The molecule has 6 nitrogen and oxygen atoms in total. The van der Waals surface area contributed by atoms with E-state index in [4.69, 9.17) is 25.6 Å². The first-order valence-electron chi connectivity index (χ1n) is 7.79. The van der Waals surface area contributed by atoms with Crippen molar-refractivity contribution in [3.05, 3.63) is 58.7 Å². The lowest BCUT2D eigenvalue weighted by Crippen LogP contribution is -2.13. The zero-order valence-electron chi connectivity index (χ0n) is 14.5. The molecule has 1 N–H and O–H groups in total. The van der Waals surface area contributed by atoms with Crippen LogP contribution in [0.3, 0.4) is 0 Å². The average molecular weight is 373 g/mol. The third kappa shape index (κ3) is 3.50. The summed E-state index contributed by atoms with van der Waals surface area (Å²) in [5, 5.41) is 7.21. The first-order chi connectivity index (χ1) is 12.5. The summed E-state index contributed by atoms with van der Waals surface area (Å²) in [4.78, 5) is 12.5. The van der Waals surface area contributed by atoms with Crippen LogP contribution < -0.4 is 14.8 Å². The molecule has 0 aliphatic rings. The van der Waals surface area contributed by atoms with Crippen LogP contribution in [0.5, 0.6) is 11.5 Å². The van der Waals surface area contributed by atoms with Crippen LogP contribution >= 0.6 is 11.6 Å². The molecule has 0 spiro atoms. The maximum atomic E-state index is 12.5. The number of rotatable bonds is 5. The molecule has 2 aromatic carbocycles. The third-order valence-corrected chi connectivity index (χ3v) is 4.34. The molecule has 0 atom stereocenters. The van der Waals surface area contributed by atoms with Crippen molar-refractivity contribution in [3.63, 3.8) is 0 Å². The minimum Gasteiger partial charge on any atom is -0.497 e. The number of ether oxygens (including phenoxy) is 2. The number of hydrogen-bond donors (Lipinski definition) is 1. The van der Waals surface area contributed by atoms with Crippen molar-refractivity contribution in [2.45, 2.75) is 6.92 Å². The molecule has 0 aliphatic heterocycles. The molecule has 0 saturated heterocycles. The summed E-state index contributed by atoms with van der Waals surface area (Å²) in [6.45, 7) is 1.83. The Labute approximate surface area is 155 Å². The number of halogens is 1. The summed E-state index contributed by atoms with van der Waals surface area (Å²) in [7, 11) is 3.12. The summed E-state index contributed by atoms with van der Waals surface area (Å²) in [6, 6.07) is 12.1. The second-order valence-corrected chi connectivity index (χ2v) is 5.92. The van der Waals surface area contributed by atoms with Gasteiger partial charge in [-0.25, -0.2) is 0 Å². The highest BCUT2D eigenvalue weighted by Gasteiger charge is 2.18. The van der Waals surface area contributed by atoms with E-state index in [9.17, 15) is 4.79 Å². The fourth-order valence-electron chi connectivity index (χ4n) is 2.45. The van der Waals surface area contributed by atoms with Gasteiger partial charge >= 0.3 is 0 Å². The Bertz CT molecular complexity index is 952. The Morgan fingerprint density at radius 2 is 1.96 bits per heavy atom. The molecule has 0 aliphatic carbocycles. The van der Waals surface area contributed by atoms with E-state index in [1.807, 2.05) is 6.92 Å². The number of nitrogens with zero attached hydrogens (tertiary/aromatic N) is 1. The van der Waals surface area contributed by atoms with Crippen LogP contribution in [-0.2, 0) is 0 Å². The summed E-state index contributed by atoms with van der Waals surface area (Å²) in [5.74, 6) is 1.22. The molecule has 0 radical (unpaired) electrons. The Hall–Kier alpha value is -2.99. The molecule has 1 heterocycles. The summed E-state index contributed by atoms with van der Waals surface area (Å²) < 4.78 is 15.9. The van der Waals surface area contributed by atoms with Crippen molar-refractivity contribution in [3.8, 4) is 22.8 Å². The molecule has 134 valence electrons. The number of nitrogens with one attached hydrogen (secondary N) is 1. The lowest BCUT2D eigenvalue weighted by Gasteiger charge is -2.08. The summed E-state index contributed by atoms with van der Waals surface area (Å²) >= 11 is 6.08. The van der Waals surface area contributed by atoms with Gasteiger partial charge in [-0.3, -0.25) is 4.79 Å². The smallest absolute Gasteiger partial charge is 0.277 e. The van der Waals surface area contributed by atoms with Crippen molar-refractivity contribution in [2.24, 2.45) is 0 Å². The topological polar surface area (TPSA) is 73.6 Å². The van der Waals surface area contributed by atoms with Gasteiger partial charge in [0.1, 0.15) is 11.5 Å². The van der Waals surface area contributed by atoms with Gasteiger partial charge in [-0.1, -0.05) is 22.8 Å². The molecule has 1 amide bonds. The lowest BCUT2D eigenvalue weighted by molar-refractivity contribution is 0.101. The predicted octanol–water partition coefficient (Wildman–Crippen LogP) is 4.57. The average Bonchev–Trinajstić information content (AvgIpc) is 3.15. The van der Waals surface area contributed by atoms with E-state index >= 15 is 0 Å². The van der Waals surface area contributed by atoms with Crippen LogP contribution in [0, 0.1) is 6.92 Å². The number of carbonyl (C=O) groups is 1. The van der Waals surface area contributed by atoms with E-state index in [2.05, 4.69) is 10.5 Å². The van der Waals surface area contributed by atoms with E-state index in [1.54, 1.807) is 56.7 Å². The Balaban J connectivity index is 1.88. The SMILES string of the molecule is COc1ccc(OC)c(-c2cc(C(=O)Nc3cccc(Cl)c3C)no2)c1. The maximum absolute atomic E-state index is 12.5. The molecule has 0 saturated carbocycles. The van der Waals surface area contributed by atoms with Crippen molar-refractivity contribution in [1.29, 1.82) is 0 Å². The Morgan fingerprint density at radius 1 is 1.15 bits per heavy atom. The molecular weight excluding hydrogens is 356 g/mol. The molecule has 1 aromatic heterocycles. The van der Waals surface area contributed by atoms with Gasteiger partial charge in [-0.2, -0.15) is 0 Å². The van der Waals surface area contributed by atoms with Gasteiger partial charge in [-0.15, -0.1) is 0 Å². The molecule has 3 aromatic rings.